The van der Waals surface area contributed by atoms with E-state index in [4.69, 9.17) is 4.98 Å². The van der Waals surface area contributed by atoms with Gasteiger partial charge < -0.3 is 5.32 Å². The fourth-order valence-corrected chi connectivity index (χ4v) is 3.60. The molecule has 5 nitrogen and oxygen atoms in total. The number of hydrogen-bond donors (Lipinski definition) is 1. The Balaban J connectivity index is 1.64. The van der Waals surface area contributed by atoms with Crippen molar-refractivity contribution in [3.05, 3.63) is 23.5 Å². The highest BCUT2D eigenvalue weighted by atomic mass is 16.1. The maximum Gasteiger partial charge on any atom is 0.252 e. The van der Waals surface area contributed by atoms with Gasteiger partial charge in [-0.05, 0) is 31.7 Å². The van der Waals surface area contributed by atoms with Crippen LogP contribution < -0.4 is 5.32 Å². The maximum absolute atomic E-state index is 12.9. The summed E-state index contributed by atoms with van der Waals surface area (Å²) in [5.41, 5.74) is 2.61. The summed E-state index contributed by atoms with van der Waals surface area (Å²) in [5, 5.41) is 8.42. The molecule has 0 saturated heterocycles. The number of nitrogens with zero attached hydrogens (tertiary/aromatic N) is 3. The second kappa shape index (κ2) is 5.95. The molecular formula is C18H24N4O. The SMILES string of the molecule is Cn1ncc2c(C(=O)NC3CCCCCC3)cc(C3CC3)nc21. The van der Waals surface area contributed by atoms with Crippen LogP contribution in [0.3, 0.4) is 0 Å². The number of hydrogen-bond acceptors (Lipinski definition) is 3. The summed E-state index contributed by atoms with van der Waals surface area (Å²) in [5.74, 6) is 0.568. The first-order chi connectivity index (χ1) is 11.2. The fraction of sp³-hybridized carbons (Fsp3) is 0.611. The summed E-state index contributed by atoms with van der Waals surface area (Å²) in [6.07, 6.45) is 11.3. The summed E-state index contributed by atoms with van der Waals surface area (Å²) < 4.78 is 1.77. The van der Waals surface area contributed by atoms with Crippen molar-refractivity contribution in [2.24, 2.45) is 7.05 Å². The predicted octanol–water partition coefficient (Wildman–Crippen LogP) is 3.30. The van der Waals surface area contributed by atoms with Crippen LogP contribution in [-0.4, -0.2) is 26.7 Å². The zero-order valence-corrected chi connectivity index (χ0v) is 13.7. The molecule has 4 rings (SSSR count). The lowest BCUT2D eigenvalue weighted by Gasteiger charge is -2.17. The van der Waals surface area contributed by atoms with Gasteiger partial charge in [-0.25, -0.2) is 4.98 Å². The number of carbonyl (C=O) groups excluding carboxylic acids is 1. The summed E-state index contributed by atoms with van der Waals surface area (Å²) in [4.78, 5) is 17.6. The van der Waals surface area contributed by atoms with E-state index in [1.165, 1.54) is 38.5 Å². The minimum Gasteiger partial charge on any atom is -0.349 e. The molecule has 0 atom stereocenters. The highest BCUT2D eigenvalue weighted by molar-refractivity contribution is 6.05. The van der Waals surface area contributed by atoms with Crippen LogP contribution in [0.4, 0.5) is 0 Å². The Kier molecular flexibility index (Phi) is 3.79. The summed E-state index contributed by atoms with van der Waals surface area (Å²) in [6.45, 7) is 0. The van der Waals surface area contributed by atoms with Gasteiger partial charge in [0.05, 0.1) is 17.1 Å². The molecule has 2 aromatic rings. The molecule has 2 saturated carbocycles. The van der Waals surface area contributed by atoms with Crippen molar-refractivity contribution in [2.75, 3.05) is 0 Å². The number of rotatable bonds is 3. The number of pyridine rings is 1. The van der Waals surface area contributed by atoms with E-state index in [1.54, 1.807) is 10.9 Å². The van der Waals surface area contributed by atoms with Gasteiger partial charge in [-0.3, -0.25) is 9.48 Å². The number of amides is 1. The summed E-state index contributed by atoms with van der Waals surface area (Å²) in [7, 11) is 1.89. The molecule has 1 N–H and O–H groups in total. The highest BCUT2D eigenvalue weighted by Gasteiger charge is 2.28. The third-order valence-corrected chi connectivity index (χ3v) is 5.16. The zero-order valence-electron chi connectivity index (χ0n) is 13.7. The fourth-order valence-electron chi connectivity index (χ4n) is 3.60. The molecule has 0 unspecified atom stereocenters. The molecule has 0 spiro atoms. The summed E-state index contributed by atoms with van der Waals surface area (Å²) >= 11 is 0. The molecule has 0 radical (unpaired) electrons. The third kappa shape index (κ3) is 2.96. The average molecular weight is 312 g/mol. The van der Waals surface area contributed by atoms with Gasteiger partial charge in [0.1, 0.15) is 0 Å². The molecule has 0 bridgehead atoms. The Morgan fingerprint density at radius 1 is 1.17 bits per heavy atom. The topological polar surface area (TPSA) is 59.8 Å². The van der Waals surface area contributed by atoms with Gasteiger partial charge in [0.25, 0.3) is 5.91 Å². The Morgan fingerprint density at radius 3 is 2.61 bits per heavy atom. The van der Waals surface area contributed by atoms with Crippen LogP contribution in [0.1, 0.15) is 73.3 Å². The van der Waals surface area contributed by atoms with Gasteiger partial charge in [-0.15, -0.1) is 0 Å². The molecule has 0 aliphatic heterocycles. The third-order valence-electron chi connectivity index (χ3n) is 5.16. The standard InChI is InChI=1S/C18H24N4O/c1-22-17-15(11-19-22)14(10-16(21-17)12-8-9-12)18(23)20-13-6-4-2-3-5-7-13/h10-13H,2-9H2,1H3,(H,20,23). The quantitative estimate of drug-likeness (QED) is 0.885. The molecule has 0 aromatic carbocycles. The van der Waals surface area contributed by atoms with Gasteiger partial charge >= 0.3 is 0 Å². The van der Waals surface area contributed by atoms with Crippen molar-refractivity contribution in [3.8, 4) is 0 Å². The molecule has 2 aliphatic rings. The van der Waals surface area contributed by atoms with Gasteiger partial charge in [-0.2, -0.15) is 5.10 Å². The molecule has 1 amide bonds. The van der Waals surface area contributed by atoms with Gasteiger partial charge in [0.2, 0.25) is 0 Å². The Hall–Kier alpha value is -1.91. The Morgan fingerprint density at radius 2 is 1.91 bits per heavy atom. The normalized spacial score (nSPS) is 19.7. The van der Waals surface area contributed by atoms with Crippen LogP contribution in [0, 0.1) is 0 Å². The van der Waals surface area contributed by atoms with Crippen LogP contribution in [-0.2, 0) is 7.05 Å². The van der Waals surface area contributed by atoms with Crippen LogP contribution in [0.5, 0.6) is 0 Å². The van der Waals surface area contributed by atoms with E-state index >= 15 is 0 Å². The van der Waals surface area contributed by atoms with Crippen molar-refractivity contribution < 1.29 is 4.79 Å². The molecular weight excluding hydrogens is 288 g/mol. The Bertz CT molecular complexity index is 724. The van der Waals surface area contributed by atoms with E-state index in [0.717, 1.165) is 35.1 Å². The van der Waals surface area contributed by atoms with E-state index in [2.05, 4.69) is 10.4 Å². The molecule has 2 heterocycles. The number of fused-ring (bicyclic) bond motifs is 1. The maximum atomic E-state index is 12.9. The molecule has 2 fully saturated rings. The smallest absolute Gasteiger partial charge is 0.252 e. The number of nitrogens with one attached hydrogen (secondary N) is 1. The highest BCUT2D eigenvalue weighted by Crippen LogP contribution is 2.40. The van der Waals surface area contributed by atoms with Crippen molar-refractivity contribution in [1.29, 1.82) is 0 Å². The molecule has 23 heavy (non-hydrogen) atoms. The minimum absolute atomic E-state index is 0.0409. The number of aryl methyl sites for hydroxylation is 1. The molecule has 2 aliphatic carbocycles. The first-order valence-electron chi connectivity index (χ1n) is 8.86. The van der Waals surface area contributed by atoms with Gasteiger partial charge in [0.15, 0.2) is 5.65 Å². The van der Waals surface area contributed by atoms with Crippen molar-refractivity contribution >= 4 is 16.9 Å². The lowest BCUT2D eigenvalue weighted by molar-refractivity contribution is 0.0935. The van der Waals surface area contributed by atoms with Crippen molar-refractivity contribution in [3.63, 3.8) is 0 Å². The number of aromatic nitrogens is 3. The predicted molar refractivity (Wildman–Crippen MR) is 89.4 cm³/mol. The molecule has 5 heteroatoms. The minimum atomic E-state index is 0.0409. The van der Waals surface area contributed by atoms with Gasteiger partial charge in [-0.1, -0.05) is 25.7 Å². The van der Waals surface area contributed by atoms with E-state index in [-0.39, 0.29) is 5.91 Å². The van der Waals surface area contributed by atoms with E-state index in [1.807, 2.05) is 13.1 Å². The Labute approximate surface area is 136 Å². The largest absolute Gasteiger partial charge is 0.349 e. The van der Waals surface area contributed by atoms with Gasteiger partial charge in [0, 0.05) is 24.7 Å². The summed E-state index contributed by atoms with van der Waals surface area (Å²) in [6, 6.07) is 2.31. The monoisotopic (exact) mass is 312 g/mol. The average Bonchev–Trinajstić information content (AvgIpc) is 3.36. The van der Waals surface area contributed by atoms with Crippen LogP contribution in [0.25, 0.3) is 11.0 Å². The van der Waals surface area contributed by atoms with Crippen molar-refractivity contribution in [1.82, 2.24) is 20.1 Å². The van der Waals surface area contributed by atoms with Crippen LogP contribution >= 0.6 is 0 Å². The van der Waals surface area contributed by atoms with E-state index in [0.29, 0.717) is 12.0 Å². The molecule has 122 valence electrons. The first-order valence-corrected chi connectivity index (χ1v) is 8.86. The number of carbonyl (C=O) groups is 1. The molecule has 2 aromatic heterocycles. The van der Waals surface area contributed by atoms with Crippen molar-refractivity contribution in [2.45, 2.75) is 63.3 Å². The lowest BCUT2D eigenvalue weighted by atomic mass is 10.1. The second-order valence-electron chi connectivity index (χ2n) is 7.04. The van der Waals surface area contributed by atoms with E-state index < -0.39 is 0 Å². The van der Waals surface area contributed by atoms with E-state index in [9.17, 15) is 4.79 Å². The van der Waals surface area contributed by atoms with Crippen LogP contribution in [0.2, 0.25) is 0 Å². The lowest BCUT2D eigenvalue weighted by Crippen LogP contribution is -2.34. The first kappa shape index (κ1) is 14.7. The van der Waals surface area contributed by atoms with Crippen LogP contribution in [0.15, 0.2) is 12.3 Å². The second-order valence-corrected chi connectivity index (χ2v) is 7.04. The zero-order chi connectivity index (χ0) is 15.8.